The van der Waals surface area contributed by atoms with Crippen molar-refractivity contribution in [3.05, 3.63) is 59.7 Å². The predicted octanol–water partition coefficient (Wildman–Crippen LogP) is 2.16. The summed E-state index contributed by atoms with van der Waals surface area (Å²) in [6, 6.07) is 13.5. The number of aliphatic carboxylic acids is 2. The first-order valence-corrected chi connectivity index (χ1v) is 14.0. The molecule has 11 heteroatoms. The van der Waals surface area contributed by atoms with Gasteiger partial charge >= 0.3 is 22.1 Å². The second kappa shape index (κ2) is 11.9. The van der Waals surface area contributed by atoms with Crippen molar-refractivity contribution in [2.75, 3.05) is 35.6 Å². The fourth-order valence-electron chi connectivity index (χ4n) is 5.32. The molecule has 0 amide bonds. The van der Waals surface area contributed by atoms with Gasteiger partial charge in [0.05, 0.1) is 23.2 Å². The summed E-state index contributed by atoms with van der Waals surface area (Å²) in [7, 11) is -3.99. The summed E-state index contributed by atoms with van der Waals surface area (Å²) in [6.45, 7) is 2.93. The average molecular weight is 531 g/mol. The summed E-state index contributed by atoms with van der Waals surface area (Å²) in [5.41, 5.74) is 2.13. The number of hydrogen-bond acceptors (Lipinski definition) is 6. The Hall–Kier alpha value is -3.15. The molecular formula is C26H34N4O6S. The minimum absolute atomic E-state index is 0.0393. The van der Waals surface area contributed by atoms with Gasteiger partial charge in [-0.1, -0.05) is 24.3 Å². The van der Waals surface area contributed by atoms with E-state index in [2.05, 4.69) is 20.1 Å². The molecule has 4 rings (SSSR count). The first kappa shape index (κ1) is 26.9. The van der Waals surface area contributed by atoms with Crippen LogP contribution in [0.5, 0.6) is 0 Å². The molecular weight excluding hydrogens is 496 g/mol. The summed E-state index contributed by atoms with van der Waals surface area (Å²) in [5, 5.41) is 25.8. The number of carboxylic acids is 2. The molecule has 2 heterocycles. The fourth-order valence-corrected chi connectivity index (χ4v) is 6.24. The molecule has 0 aromatic heterocycles. The summed E-state index contributed by atoms with van der Waals surface area (Å²) < 4.78 is 30.7. The van der Waals surface area contributed by atoms with Crippen molar-refractivity contribution in [2.24, 2.45) is 23.7 Å². The highest BCUT2D eigenvalue weighted by Crippen LogP contribution is 2.26. The first-order chi connectivity index (χ1) is 17.7. The van der Waals surface area contributed by atoms with Crippen LogP contribution in [0.15, 0.2) is 48.5 Å². The van der Waals surface area contributed by atoms with Gasteiger partial charge in [0.15, 0.2) is 0 Å². The molecule has 2 aromatic carbocycles. The van der Waals surface area contributed by atoms with Gasteiger partial charge in [-0.15, -0.1) is 0 Å². The molecule has 10 nitrogen and oxygen atoms in total. The van der Waals surface area contributed by atoms with E-state index in [-0.39, 0.29) is 11.8 Å². The molecule has 6 N–H and O–H groups in total. The number of anilines is 2. The number of carboxylic acid groups (broad SMARTS) is 2. The quantitative estimate of drug-likeness (QED) is 0.244. The zero-order valence-electron chi connectivity index (χ0n) is 20.5. The number of benzene rings is 2. The van der Waals surface area contributed by atoms with Gasteiger partial charge in [0, 0.05) is 0 Å². The molecule has 2 aromatic rings. The molecule has 0 bridgehead atoms. The van der Waals surface area contributed by atoms with E-state index in [0.717, 1.165) is 37.1 Å². The van der Waals surface area contributed by atoms with E-state index in [9.17, 15) is 28.2 Å². The topological polar surface area (TPSA) is 157 Å². The van der Waals surface area contributed by atoms with Crippen LogP contribution in [0, 0.1) is 23.7 Å². The molecule has 37 heavy (non-hydrogen) atoms. The van der Waals surface area contributed by atoms with Crippen molar-refractivity contribution in [3.8, 4) is 0 Å². The van der Waals surface area contributed by atoms with Crippen LogP contribution in [0.4, 0.5) is 11.4 Å². The van der Waals surface area contributed by atoms with Gasteiger partial charge < -0.3 is 20.8 Å². The Morgan fingerprint density at radius 2 is 1.24 bits per heavy atom. The number of hydrogen-bond donors (Lipinski definition) is 6. The fraction of sp³-hybridized carbons (Fsp3) is 0.462. The molecule has 2 aliphatic heterocycles. The SMILES string of the molecule is O=C(O)C(Cc1cccc(NS(=O)(=O)Nc2cccc(CC(C(=O)O)[C@H]3CCNC3)c2)c1)[C@H]1CCNC1. The third-order valence-corrected chi connectivity index (χ3v) is 8.25. The second-order valence-corrected chi connectivity index (χ2v) is 11.3. The van der Waals surface area contributed by atoms with Gasteiger partial charge in [-0.3, -0.25) is 19.0 Å². The van der Waals surface area contributed by atoms with Gasteiger partial charge in [-0.05, 0) is 99.1 Å². The van der Waals surface area contributed by atoms with E-state index in [0.29, 0.717) is 37.3 Å². The monoisotopic (exact) mass is 530 g/mol. The summed E-state index contributed by atoms with van der Waals surface area (Å²) in [5.74, 6) is -2.71. The first-order valence-electron chi connectivity index (χ1n) is 12.6. The van der Waals surface area contributed by atoms with Crippen molar-refractivity contribution in [1.29, 1.82) is 0 Å². The van der Waals surface area contributed by atoms with Gasteiger partial charge in [-0.2, -0.15) is 8.42 Å². The van der Waals surface area contributed by atoms with E-state index in [1.807, 2.05) is 0 Å². The summed E-state index contributed by atoms with van der Waals surface area (Å²) in [6.07, 6.45) is 2.23. The van der Waals surface area contributed by atoms with Gasteiger partial charge in [-0.25, -0.2) is 0 Å². The maximum absolute atomic E-state index is 12.8. The van der Waals surface area contributed by atoms with E-state index < -0.39 is 34.0 Å². The lowest BCUT2D eigenvalue weighted by atomic mass is 9.86. The van der Waals surface area contributed by atoms with Crippen LogP contribution in [-0.2, 0) is 32.6 Å². The molecule has 200 valence electrons. The zero-order chi connectivity index (χ0) is 26.4. The lowest BCUT2D eigenvalue weighted by Crippen LogP contribution is -2.27. The third kappa shape index (κ3) is 7.43. The normalized spacial score (nSPS) is 21.3. The molecule has 2 aliphatic rings. The molecule has 0 spiro atoms. The number of carbonyl (C=O) groups is 2. The van der Waals surface area contributed by atoms with Crippen LogP contribution >= 0.6 is 0 Å². The molecule has 2 fully saturated rings. The lowest BCUT2D eigenvalue weighted by Gasteiger charge is -2.19. The van der Waals surface area contributed by atoms with E-state index >= 15 is 0 Å². The standard InChI is InChI=1S/C26H34N4O6S/c31-25(32)23(19-7-9-27-15-19)13-17-3-1-5-21(11-17)29-37(35,36)30-22-6-2-4-18(12-22)14-24(26(33)34)20-8-10-28-16-20/h1-6,11-12,19-20,23-24,27-30H,7-10,13-16H2,(H,31,32)(H,33,34)/t19-,20-,23?,24?/m0/s1. The highest BCUT2D eigenvalue weighted by Gasteiger charge is 2.31. The smallest absolute Gasteiger partial charge is 0.321 e. The van der Waals surface area contributed by atoms with Gasteiger partial charge in [0.2, 0.25) is 0 Å². The van der Waals surface area contributed by atoms with E-state index in [4.69, 9.17) is 0 Å². The van der Waals surface area contributed by atoms with Crippen molar-refractivity contribution >= 4 is 33.5 Å². The molecule has 2 saturated heterocycles. The van der Waals surface area contributed by atoms with Crippen LogP contribution in [0.25, 0.3) is 0 Å². The molecule has 4 atom stereocenters. The summed E-state index contributed by atoms with van der Waals surface area (Å²) in [4.78, 5) is 23.7. The minimum atomic E-state index is -3.99. The molecule has 0 aliphatic carbocycles. The van der Waals surface area contributed by atoms with Crippen molar-refractivity contribution < 1.29 is 28.2 Å². The van der Waals surface area contributed by atoms with Crippen LogP contribution in [0.1, 0.15) is 24.0 Å². The Morgan fingerprint density at radius 1 is 0.811 bits per heavy atom. The van der Waals surface area contributed by atoms with Crippen LogP contribution in [0.3, 0.4) is 0 Å². The Bertz CT molecular complexity index is 1120. The molecule has 0 saturated carbocycles. The summed E-state index contributed by atoms with van der Waals surface area (Å²) >= 11 is 0. The Labute approximate surface area is 217 Å². The zero-order valence-corrected chi connectivity index (χ0v) is 21.3. The van der Waals surface area contributed by atoms with E-state index in [1.54, 1.807) is 48.5 Å². The number of rotatable bonds is 12. The van der Waals surface area contributed by atoms with E-state index in [1.165, 1.54) is 0 Å². The van der Waals surface area contributed by atoms with Crippen LogP contribution in [0.2, 0.25) is 0 Å². The Balaban J connectivity index is 1.41. The maximum Gasteiger partial charge on any atom is 0.321 e. The highest BCUT2D eigenvalue weighted by atomic mass is 32.2. The van der Waals surface area contributed by atoms with Crippen molar-refractivity contribution in [3.63, 3.8) is 0 Å². The highest BCUT2D eigenvalue weighted by molar-refractivity contribution is 7.94. The average Bonchev–Trinajstić information content (AvgIpc) is 3.55. The van der Waals surface area contributed by atoms with Crippen LogP contribution < -0.4 is 20.1 Å². The second-order valence-electron chi connectivity index (χ2n) is 9.91. The van der Waals surface area contributed by atoms with Gasteiger partial charge in [0.25, 0.3) is 0 Å². The number of nitrogens with one attached hydrogen (secondary N) is 4. The van der Waals surface area contributed by atoms with Crippen molar-refractivity contribution in [1.82, 2.24) is 10.6 Å². The lowest BCUT2D eigenvalue weighted by molar-refractivity contribution is -0.144. The Kier molecular flexibility index (Phi) is 8.67. The van der Waals surface area contributed by atoms with Crippen molar-refractivity contribution in [2.45, 2.75) is 25.7 Å². The third-order valence-electron chi connectivity index (χ3n) is 7.24. The Morgan fingerprint density at radius 3 is 1.59 bits per heavy atom. The predicted molar refractivity (Wildman–Crippen MR) is 141 cm³/mol. The largest absolute Gasteiger partial charge is 0.481 e. The van der Waals surface area contributed by atoms with Gasteiger partial charge in [0.1, 0.15) is 0 Å². The van der Waals surface area contributed by atoms with Crippen LogP contribution in [-0.4, -0.2) is 56.7 Å². The molecule has 2 unspecified atom stereocenters. The molecule has 0 radical (unpaired) electrons. The maximum atomic E-state index is 12.8. The minimum Gasteiger partial charge on any atom is -0.481 e.